The van der Waals surface area contributed by atoms with Gasteiger partial charge in [-0.15, -0.1) is 0 Å². The van der Waals surface area contributed by atoms with Gasteiger partial charge in [0.25, 0.3) is 0 Å². The molecule has 0 bridgehead atoms. The summed E-state index contributed by atoms with van der Waals surface area (Å²) in [5, 5.41) is 3.73. The van der Waals surface area contributed by atoms with Crippen LogP contribution < -0.4 is 15.8 Å². The number of nitrogen functional groups attached to an aromatic ring is 1. The Kier molecular flexibility index (Phi) is 2.80. The zero-order chi connectivity index (χ0) is 12.5. The van der Waals surface area contributed by atoms with E-state index in [2.05, 4.69) is 29.6 Å². The highest BCUT2D eigenvalue weighted by molar-refractivity contribution is 8.00. The molecule has 1 unspecified atom stereocenters. The van der Waals surface area contributed by atoms with E-state index < -0.39 is 0 Å². The predicted octanol–water partition coefficient (Wildman–Crippen LogP) is 3.49. The predicted molar refractivity (Wildman–Crippen MR) is 76.1 cm³/mol. The molecular formula is C14H14N2OS. The van der Waals surface area contributed by atoms with Crippen molar-refractivity contribution in [2.24, 2.45) is 0 Å². The number of nitrogens with one attached hydrogen (secondary N) is 1. The molecular weight excluding hydrogens is 244 g/mol. The van der Waals surface area contributed by atoms with Crippen molar-refractivity contribution in [3.8, 4) is 5.75 Å². The molecule has 2 aromatic carbocycles. The number of rotatable bonds is 2. The van der Waals surface area contributed by atoms with E-state index in [9.17, 15) is 0 Å². The van der Waals surface area contributed by atoms with Crippen molar-refractivity contribution in [3.05, 3.63) is 48.0 Å². The molecule has 0 aliphatic carbocycles. The molecule has 0 amide bonds. The van der Waals surface area contributed by atoms with Gasteiger partial charge in [0.1, 0.15) is 11.1 Å². The summed E-state index contributed by atoms with van der Waals surface area (Å²) < 4.78 is 5.24. The highest BCUT2D eigenvalue weighted by atomic mass is 32.2. The lowest BCUT2D eigenvalue weighted by atomic mass is 10.2. The summed E-state index contributed by atoms with van der Waals surface area (Å²) in [7, 11) is 1.69. The third-order valence-corrected chi connectivity index (χ3v) is 4.18. The van der Waals surface area contributed by atoms with E-state index in [0.29, 0.717) is 0 Å². The van der Waals surface area contributed by atoms with Crippen molar-refractivity contribution in [2.75, 3.05) is 18.2 Å². The lowest BCUT2D eigenvalue weighted by Gasteiger charge is -2.10. The molecule has 0 aromatic heterocycles. The lowest BCUT2D eigenvalue weighted by Crippen LogP contribution is -2.00. The van der Waals surface area contributed by atoms with Gasteiger partial charge in [0.05, 0.1) is 7.11 Å². The molecule has 4 heteroatoms. The molecule has 2 aromatic rings. The van der Waals surface area contributed by atoms with Crippen molar-refractivity contribution in [3.63, 3.8) is 0 Å². The molecule has 1 aliphatic rings. The number of ether oxygens (including phenoxy) is 1. The van der Waals surface area contributed by atoms with Gasteiger partial charge in [-0.3, -0.25) is 0 Å². The fraction of sp³-hybridized carbons (Fsp3) is 0.143. The summed E-state index contributed by atoms with van der Waals surface area (Å²) in [5.74, 6) is 0.890. The normalized spacial score (nSPS) is 17.1. The summed E-state index contributed by atoms with van der Waals surface area (Å²) in [6.45, 7) is 0. The zero-order valence-electron chi connectivity index (χ0n) is 10.0. The molecule has 1 aliphatic heterocycles. The monoisotopic (exact) mass is 258 g/mol. The Morgan fingerprint density at radius 1 is 1.17 bits per heavy atom. The SMILES string of the molecule is COc1ccc2c(c1)SC(c1ccc(N)cc1)N2. The molecule has 0 spiro atoms. The first-order chi connectivity index (χ1) is 8.76. The van der Waals surface area contributed by atoms with E-state index in [1.807, 2.05) is 18.2 Å². The van der Waals surface area contributed by atoms with Crippen molar-refractivity contribution >= 4 is 23.1 Å². The minimum atomic E-state index is 0.243. The van der Waals surface area contributed by atoms with Gasteiger partial charge in [0, 0.05) is 16.3 Å². The molecule has 1 heterocycles. The molecule has 92 valence electrons. The lowest BCUT2D eigenvalue weighted by molar-refractivity contribution is 0.414. The van der Waals surface area contributed by atoms with Crippen molar-refractivity contribution < 1.29 is 4.74 Å². The molecule has 3 nitrogen and oxygen atoms in total. The minimum Gasteiger partial charge on any atom is -0.497 e. The number of hydrogen-bond donors (Lipinski definition) is 2. The van der Waals surface area contributed by atoms with Crippen LogP contribution >= 0.6 is 11.8 Å². The second-order valence-electron chi connectivity index (χ2n) is 4.17. The van der Waals surface area contributed by atoms with Gasteiger partial charge in [0.15, 0.2) is 0 Å². The fourth-order valence-corrected chi connectivity index (χ4v) is 3.14. The second-order valence-corrected chi connectivity index (χ2v) is 5.32. The smallest absolute Gasteiger partial charge is 0.120 e. The molecule has 0 saturated heterocycles. The zero-order valence-corrected chi connectivity index (χ0v) is 10.8. The molecule has 0 fully saturated rings. The quantitative estimate of drug-likeness (QED) is 0.809. The van der Waals surface area contributed by atoms with Gasteiger partial charge >= 0.3 is 0 Å². The van der Waals surface area contributed by atoms with Crippen LogP contribution in [0.15, 0.2) is 47.4 Å². The van der Waals surface area contributed by atoms with Crippen LogP contribution in [0.4, 0.5) is 11.4 Å². The molecule has 18 heavy (non-hydrogen) atoms. The van der Waals surface area contributed by atoms with E-state index >= 15 is 0 Å². The summed E-state index contributed by atoms with van der Waals surface area (Å²) in [5.41, 5.74) is 8.88. The number of anilines is 2. The third kappa shape index (κ3) is 1.99. The number of benzene rings is 2. The van der Waals surface area contributed by atoms with Gasteiger partial charge < -0.3 is 15.8 Å². The van der Waals surface area contributed by atoms with Gasteiger partial charge in [-0.1, -0.05) is 23.9 Å². The van der Waals surface area contributed by atoms with Crippen LogP contribution in [0, 0.1) is 0 Å². The topological polar surface area (TPSA) is 47.3 Å². The Hall–Kier alpha value is -1.81. The van der Waals surface area contributed by atoms with Crippen molar-refractivity contribution in [1.82, 2.24) is 0 Å². The Bertz CT molecular complexity index is 569. The Labute approximate surface area is 110 Å². The van der Waals surface area contributed by atoms with Gasteiger partial charge in [-0.2, -0.15) is 0 Å². The highest BCUT2D eigenvalue weighted by Gasteiger charge is 2.23. The molecule has 0 saturated carbocycles. The van der Waals surface area contributed by atoms with E-state index in [1.165, 1.54) is 10.5 Å². The maximum atomic E-state index is 5.70. The molecule has 0 radical (unpaired) electrons. The van der Waals surface area contributed by atoms with E-state index in [-0.39, 0.29) is 5.37 Å². The molecule has 3 rings (SSSR count). The summed E-state index contributed by atoms with van der Waals surface area (Å²) in [4.78, 5) is 1.22. The van der Waals surface area contributed by atoms with Crippen LogP contribution in [0.25, 0.3) is 0 Å². The van der Waals surface area contributed by atoms with Crippen molar-refractivity contribution in [1.29, 1.82) is 0 Å². The standard InChI is InChI=1S/C14H14N2OS/c1-17-11-6-7-12-13(8-11)18-14(16-12)9-2-4-10(15)5-3-9/h2-8,14,16H,15H2,1H3. The van der Waals surface area contributed by atoms with Gasteiger partial charge in [-0.25, -0.2) is 0 Å². The largest absolute Gasteiger partial charge is 0.497 e. The fourth-order valence-electron chi connectivity index (χ4n) is 1.97. The van der Waals surface area contributed by atoms with Gasteiger partial charge in [-0.05, 0) is 35.9 Å². The van der Waals surface area contributed by atoms with Crippen LogP contribution in [0.1, 0.15) is 10.9 Å². The number of methoxy groups -OCH3 is 1. The van der Waals surface area contributed by atoms with E-state index in [4.69, 9.17) is 10.5 Å². The first-order valence-corrected chi connectivity index (χ1v) is 6.61. The van der Waals surface area contributed by atoms with Crippen molar-refractivity contribution in [2.45, 2.75) is 10.3 Å². The number of hydrogen-bond acceptors (Lipinski definition) is 4. The Balaban J connectivity index is 1.86. The summed E-state index contributed by atoms with van der Waals surface area (Å²) in [6.07, 6.45) is 0. The average molecular weight is 258 g/mol. The maximum Gasteiger partial charge on any atom is 0.120 e. The van der Waals surface area contributed by atoms with E-state index in [1.54, 1.807) is 18.9 Å². The van der Waals surface area contributed by atoms with Crippen LogP contribution in [0.5, 0.6) is 5.75 Å². The number of fused-ring (bicyclic) bond motifs is 1. The highest BCUT2D eigenvalue weighted by Crippen LogP contribution is 2.47. The first-order valence-electron chi connectivity index (χ1n) is 5.73. The van der Waals surface area contributed by atoms with Gasteiger partial charge in [0.2, 0.25) is 0 Å². The first kappa shape index (κ1) is 11.3. The Morgan fingerprint density at radius 3 is 2.67 bits per heavy atom. The maximum absolute atomic E-state index is 5.70. The van der Waals surface area contributed by atoms with E-state index in [0.717, 1.165) is 17.1 Å². The van der Waals surface area contributed by atoms with Crippen LogP contribution in [-0.4, -0.2) is 7.11 Å². The average Bonchev–Trinajstić information content (AvgIpc) is 2.82. The molecule has 3 N–H and O–H groups in total. The second kappa shape index (κ2) is 4.46. The molecule has 1 atom stereocenters. The summed E-state index contributed by atoms with van der Waals surface area (Å²) in [6, 6.07) is 14.1. The van der Waals surface area contributed by atoms with Crippen LogP contribution in [0.3, 0.4) is 0 Å². The number of thioether (sulfide) groups is 1. The third-order valence-electron chi connectivity index (χ3n) is 2.96. The Morgan fingerprint density at radius 2 is 1.94 bits per heavy atom. The summed E-state index contributed by atoms with van der Waals surface area (Å²) >= 11 is 1.79. The minimum absolute atomic E-state index is 0.243. The number of nitrogens with two attached hydrogens (primary N) is 1. The van der Waals surface area contributed by atoms with Crippen LogP contribution in [0.2, 0.25) is 0 Å². The van der Waals surface area contributed by atoms with Crippen LogP contribution in [-0.2, 0) is 0 Å².